The van der Waals surface area contributed by atoms with Crippen molar-refractivity contribution in [1.29, 1.82) is 5.26 Å². The molecule has 1 atom stereocenters. The number of hydrogen-bond donors (Lipinski definition) is 1. The fraction of sp³-hybridized carbons (Fsp3) is 0.174. The lowest BCUT2D eigenvalue weighted by molar-refractivity contribution is -0.137. The highest BCUT2D eigenvalue weighted by Gasteiger charge is 2.31. The minimum Gasteiger partial charge on any atom is -0.340 e. The number of likely N-dealkylation sites (N-methyl/N-ethyl adjacent to an activating group) is 1. The van der Waals surface area contributed by atoms with Crippen LogP contribution in [0.1, 0.15) is 21.5 Å². The van der Waals surface area contributed by atoms with Crippen LogP contribution in [0.4, 0.5) is 13.2 Å². The van der Waals surface area contributed by atoms with Crippen LogP contribution < -0.4 is 5.32 Å². The second-order valence-electron chi connectivity index (χ2n) is 6.99. The predicted molar refractivity (Wildman–Crippen MR) is 109 cm³/mol. The maximum Gasteiger partial charge on any atom is 0.416 e. The van der Waals surface area contributed by atoms with Crippen LogP contribution in [-0.2, 0) is 17.4 Å². The molecule has 3 rings (SSSR count). The van der Waals surface area contributed by atoms with Gasteiger partial charge < -0.3 is 5.32 Å². The van der Waals surface area contributed by atoms with Crippen LogP contribution in [-0.4, -0.2) is 29.8 Å². The van der Waals surface area contributed by atoms with Gasteiger partial charge in [-0.05, 0) is 34.5 Å². The zero-order chi connectivity index (χ0) is 22.6. The highest BCUT2D eigenvalue weighted by atomic mass is 19.4. The topological polar surface area (TPSA) is 73.2 Å². The number of halogens is 3. The molecular formula is C23H18F3N3O2. The molecule has 8 heteroatoms. The van der Waals surface area contributed by atoms with Crippen molar-refractivity contribution in [3.63, 3.8) is 0 Å². The van der Waals surface area contributed by atoms with E-state index in [-0.39, 0.29) is 12.0 Å². The molecule has 0 spiro atoms. The Labute approximate surface area is 176 Å². The smallest absolute Gasteiger partial charge is 0.340 e. The van der Waals surface area contributed by atoms with Gasteiger partial charge in [-0.2, -0.15) is 18.4 Å². The third-order valence-corrected chi connectivity index (χ3v) is 4.79. The standard InChI is InChI=1S/C23H18F3N3O2/c1-29(14-27)22(31)20(12-15-9-10-16-5-2-3-6-17(16)11-15)28-21(30)18-7-4-8-19(13-18)23(24,25)26/h2-11,13,20H,12H2,1H3,(H,28,30). The lowest BCUT2D eigenvalue weighted by Gasteiger charge is -2.21. The minimum atomic E-state index is -4.60. The summed E-state index contributed by atoms with van der Waals surface area (Å²) in [6.45, 7) is 0. The number of carbonyl (C=O) groups is 2. The van der Waals surface area contributed by atoms with Gasteiger partial charge in [0.15, 0.2) is 6.19 Å². The number of fused-ring (bicyclic) bond motifs is 1. The first-order chi connectivity index (χ1) is 14.7. The largest absolute Gasteiger partial charge is 0.416 e. The van der Waals surface area contributed by atoms with Crippen molar-refractivity contribution >= 4 is 22.6 Å². The number of nitriles is 1. The lowest BCUT2D eigenvalue weighted by atomic mass is 10.0. The second kappa shape index (κ2) is 8.88. The molecule has 0 aliphatic carbocycles. The van der Waals surface area contributed by atoms with E-state index in [0.717, 1.165) is 39.4 Å². The zero-order valence-corrected chi connectivity index (χ0v) is 16.5. The van der Waals surface area contributed by atoms with E-state index in [1.54, 1.807) is 12.3 Å². The van der Waals surface area contributed by atoms with E-state index in [9.17, 15) is 22.8 Å². The third kappa shape index (κ3) is 5.20. The first-order valence-corrected chi connectivity index (χ1v) is 9.32. The maximum absolute atomic E-state index is 13.0. The van der Waals surface area contributed by atoms with Gasteiger partial charge in [0.25, 0.3) is 11.8 Å². The van der Waals surface area contributed by atoms with E-state index in [4.69, 9.17) is 5.26 Å². The van der Waals surface area contributed by atoms with Crippen molar-refractivity contribution in [2.24, 2.45) is 0 Å². The number of nitrogens with zero attached hydrogens (tertiary/aromatic N) is 2. The Morgan fingerprint density at radius 1 is 1.03 bits per heavy atom. The average Bonchev–Trinajstić information content (AvgIpc) is 2.77. The summed E-state index contributed by atoms with van der Waals surface area (Å²) in [5, 5.41) is 13.5. The molecule has 0 heterocycles. The molecule has 0 aromatic heterocycles. The Morgan fingerprint density at radius 3 is 2.42 bits per heavy atom. The molecule has 31 heavy (non-hydrogen) atoms. The van der Waals surface area contributed by atoms with Gasteiger partial charge >= 0.3 is 6.18 Å². The van der Waals surface area contributed by atoms with Crippen molar-refractivity contribution in [2.75, 3.05) is 7.05 Å². The average molecular weight is 425 g/mol. The fourth-order valence-electron chi connectivity index (χ4n) is 3.16. The van der Waals surface area contributed by atoms with E-state index in [1.165, 1.54) is 13.1 Å². The molecule has 3 aromatic rings. The van der Waals surface area contributed by atoms with Crippen LogP contribution >= 0.6 is 0 Å². The van der Waals surface area contributed by atoms with Gasteiger partial charge in [-0.3, -0.25) is 14.5 Å². The van der Waals surface area contributed by atoms with Crippen LogP contribution in [0.3, 0.4) is 0 Å². The second-order valence-corrected chi connectivity index (χ2v) is 6.99. The Balaban J connectivity index is 1.87. The Kier molecular flexibility index (Phi) is 6.25. The van der Waals surface area contributed by atoms with Crippen LogP contribution in [0, 0.1) is 11.5 Å². The van der Waals surface area contributed by atoms with Crippen molar-refractivity contribution < 1.29 is 22.8 Å². The molecular weight excluding hydrogens is 407 g/mol. The third-order valence-electron chi connectivity index (χ3n) is 4.79. The van der Waals surface area contributed by atoms with E-state index in [2.05, 4.69) is 5.32 Å². The van der Waals surface area contributed by atoms with Crippen LogP contribution in [0.25, 0.3) is 10.8 Å². The summed E-state index contributed by atoms with van der Waals surface area (Å²) in [6, 6.07) is 15.9. The maximum atomic E-state index is 13.0. The minimum absolute atomic E-state index is 0.0698. The van der Waals surface area contributed by atoms with Crippen LogP contribution in [0.15, 0.2) is 66.7 Å². The van der Waals surface area contributed by atoms with Crippen molar-refractivity contribution in [3.8, 4) is 6.19 Å². The SMILES string of the molecule is CN(C#N)C(=O)C(Cc1ccc2ccccc2c1)NC(=O)c1cccc(C(F)(F)F)c1. The summed E-state index contributed by atoms with van der Waals surface area (Å²) < 4.78 is 38.9. The van der Waals surface area contributed by atoms with Gasteiger partial charge in [0.05, 0.1) is 5.56 Å². The Bertz CT molecular complexity index is 1170. The highest BCUT2D eigenvalue weighted by molar-refractivity contribution is 5.98. The predicted octanol–water partition coefficient (Wildman–Crippen LogP) is 4.14. The summed E-state index contributed by atoms with van der Waals surface area (Å²) in [4.78, 5) is 26.0. The normalized spacial score (nSPS) is 12.1. The van der Waals surface area contributed by atoms with Crippen LogP contribution in [0.2, 0.25) is 0 Å². The van der Waals surface area contributed by atoms with Gasteiger partial charge in [0.1, 0.15) is 6.04 Å². The molecule has 0 aliphatic heterocycles. The molecule has 5 nitrogen and oxygen atoms in total. The molecule has 0 bridgehead atoms. The van der Waals surface area contributed by atoms with Crippen molar-refractivity contribution in [3.05, 3.63) is 83.4 Å². The van der Waals surface area contributed by atoms with Gasteiger partial charge in [-0.25, -0.2) is 0 Å². The van der Waals surface area contributed by atoms with Gasteiger partial charge in [-0.1, -0.05) is 48.5 Å². The molecule has 0 aliphatic rings. The lowest BCUT2D eigenvalue weighted by Crippen LogP contribution is -2.47. The van der Waals surface area contributed by atoms with Gasteiger partial charge in [0, 0.05) is 19.0 Å². The molecule has 2 amide bonds. The fourth-order valence-corrected chi connectivity index (χ4v) is 3.16. The summed E-state index contributed by atoms with van der Waals surface area (Å²) in [5.74, 6) is -1.51. The number of hydrogen-bond acceptors (Lipinski definition) is 3. The van der Waals surface area contributed by atoms with E-state index < -0.39 is 29.6 Å². The molecule has 0 saturated heterocycles. The molecule has 1 unspecified atom stereocenters. The molecule has 0 saturated carbocycles. The Morgan fingerprint density at radius 2 is 1.74 bits per heavy atom. The monoisotopic (exact) mass is 425 g/mol. The Hall–Kier alpha value is -3.86. The summed E-state index contributed by atoms with van der Waals surface area (Å²) in [7, 11) is 1.26. The van der Waals surface area contributed by atoms with Crippen molar-refractivity contribution in [1.82, 2.24) is 10.2 Å². The van der Waals surface area contributed by atoms with Gasteiger partial charge in [0.2, 0.25) is 0 Å². The first kappa shape index (κ1) is 21.8. The number of benzene rings is 3. The number of nitrogens with one attached hydrogen (secondary N) is 1. The van der Waals surface area contributed by atoms with Crippen molar-refractivity contribution in [2.45, 2.75) is 18.6 Å². The molecule has 1 N–H and O–H groups in total. The number of rotatable bonds is 5. The van der Waals surface area contributed by atoms with Gasteiger partial charge in [-0.15, -0.1) is 0 Å². The summed E-state index contributed by atoms with van der Waals surface area (Å²) in [6.07, 6.45) is -2.84. The molecule has 158 valence electrons. The number of alkyl halides is 3. The molecule has 0 fully saturated rings. The summed E-state index contributed by atoms with van der Waals surface area (Å²) in [5.41, 5.74) is -0.467. The van der Waals surface area contributed by atoms with Crippen LogP contribution in [0.5, 0.6) is 0 Å². The van der Waals surface area contributed by atoms with E-state index in [1.807, 2.05) is 36.4 Å². The summed E-state index contributed by atoms with van der Waals surface area (Å²) >= 11 is 0. The number of amides is 2. The zero-order valence-electron chi connectivity index (χ0n) is 16.5. The molecule has 0 radical (unpaired) electrons. The quantitative estimate of drug-likeness (QED) is 0.493. The molecule has 3 aromatic carbocycles. The first-order valence-electron chi connectivity index (χ1n) is 9.32. The highest BCUT2D eigenvalue weighted by Crippen LogP contribution is 2.29. The van der Waals surface area contributed by atoms with E-state index >= 15 is 0 Å². The van der Waals surface area contributed by atoms with E-state index in [0.29, 0.717) is 0 Å². The number of carbonyl (C=O) groups excluding carboxylic acids is 2.